The lowest BCUT2D eigenvalue weighted by molar-refractivity contribution is 0.513. The summed E-state index contributed by atoms with van der Waals surface area (Å²) in [4.78, 5) is 0. The number of unbranched alkanes of at least 4 members (excludes halogenated alkanes) is 6. The van der Waals surface area contributed by atoms with E-state index in [2.05, 4.69) is 48.1 Å². The van der Waals surface area contributed by atoms with Gasteiger partial charge in [0.25, 0.3) is 0 Å². The molecule has 0 aliphatic heterocycles. The standard InChI is InChI=1S/C16H31N3/c1-4-5-6-7-8-9-10-12-19-13-11-16(18-19)14-17-15(2)3/h11,13,15,17H,4-10,12,14H2,1-3H3. The maximum atomic E-state index is 4.58. The minimum Gasteiger partial charge on any atom is -0.309 e. The van der Waals surface area contributed by atoms with Crippen LogP contribution >= 0.6 is 0 Å². The SMILES string of the molecule is CCCCCCCCCn1ccc(CNC(C)C)n1. The van der Waals surface area contributed by atoms with Crippen LogP contribution in [-0.4, -0.2) is 15.8 Å². The highest BCUT2D eigenvalue weighted by molar-refractivity contribution is 4.98. The van der Waals surface area contributed by atoms with Gasteiger partial charge in [0.15, 0.2) is 0 Å². The second-order valence-electron chi connectivity index (χ2n) is 5.73. The van der Waals surface area contributed by atoms with E-state index in [1.165, 1.54) is 44.9 Å². The smallest absolute Gasteiger partial charge is 0.0762 e. The number of nitrogens with zero attached hydrogens (tertiary/aromatic N) is 2. The number of aryl methyl sites for hydroxylation is 1. The first-order valence-corrected chi connectivity index (χ1v) is 7.98. The van der Waals surface area contributed by atoms with Gasteiger partial charge in [-0.15, -0.1) is 0 Å². The lowest BCUT2D eigenvalue weighted by Crippen LogP contribution is -2.22. The summed E-state index contributed by atoms with van der Waals surface area (Å²) in [6.07, 6.45) is 11.6. The third-order valence-electron chi connectivity index (χ3n) is 3.38. The van der Waals surface area contributed by atoms with Crippen molar-refractivity contribution in [3.63, 3.8) is 0 Å². The topological polar surface area (TPSA) is 29.9 Å². The number of rotatable bonds is 11. The highest BCUT2D eigenvalue weighted by Crippen LogP contribution is 2.08. The summed E-state index contributed by atoms with van der Waals surface area (Å²) in [5, 5.41) is 7.98. The molecule has 0 aliphatic carbocycles. The van der Waals surface area contributed by atoms with Gasteiger partial charge in [-0.1, -0.05) is 59.3 Å². The Morgan fingerprint density at radius 1 is 1.11 bits per heavy atom. The first kappa shape index (κ1) is 16.2. The molecule has 0 aromatic carbocycles. The molecule has 110 valence electrons. The zero-order valence-corrected chi connectivity index (χ0v) is 13.0. The van der Waals surface area contributed by atoms with E-state index in [0.717, 1.165) is 18.8 Å². The van der Waals surface area contributed by atoms with Gasteiger partial charge < -0.3 is 5.32 Å². The first-order valence-electron chi connectivity index (χ1n) is 7.98. The molecule has 0 bridgehead atoms. The van der Waals surface area contributed by atoms with Crippen molar-refractivity contribution < 1.29 is 0 Å². The highest BCUT2D eigenvalue weighted by atomic mass is 15.3. The molecule has 3 nitrogen and oxygen atoms in total. The van der Waals surface area contributed by atoms with Gasteiger partial charge in [0.2, 0.25) is 0 Å². The van der Waals surface area contributed by atoms with Crippen molar-refractivity contribution in [3.8, 4) is 0 Å². The molecule has 0 saturated heterocycles. The van der Waals surface area contributed by atoms with Gasteiger partial charge in [0, 0.05) is 25.3 Å². The number of hydrogen-bond donors (Lipinski definition) is 1. The van der Waals surface area contributed by atoms with Crippen LogP contribution in [0.3, 0.4) is 0 Å². The van der Waals surface area contributed by atoms with E-state index in [4.69, 9.17) is 0 Å². The van der Waals surface area contributed by atoms with E-state index in [1.807, 2.05) is 0 Å². The van der Waals surface area contributed by atoms with Gasteiger partial charge in [-0.3, -0.25) is 4.68 Å². The van der Waals surface area contributed by atoms with Crippen LogP contribution < -0.4 is 5.32 Å². The predicted molar refractivity (Wildman–Crippen MR) is 82.2 cm³/mol. The first-order chi connectivity index (χ1) is 9.22. The Balaban J connectivity index is 2.06. The van der Waals surface area contributed by atoms with Crippen LogP contribution in [0.15, 0.2) is 12.3 Å². The molecule has 0 atom stereocenters. The average Bonchev–Trinajstić information content (AvgIpc) is 2.83. The summed E-state index contributed by atoms with van der Waals surface area (Å²) >= 11 is 0. The van der Waals surface area contributed by atoms with Crippen LogP contribution in [0.25, 0.3) is 0 Å². The molecule has 1 aromatic rings. The molecule has 1 heterocycles. The molecule has 19 heavy (non-hydrogen) atoms. The van der Waals surface area contributed by atoms with Crippen molar-refractivity contribution in [2.24, 2.45) is 0 Å². The van der Waals surface area contributed by atoms with Crippen LogP contribution in [0.2, 0.25) is 0 Å². The number of hydrogen-bond acceptors (Lipinski definition) is 2. The monoisotopic (exact) mass is 265 g/mol. The van der Waals surface area contributed by atoms with Gasteiger partial charge in [-0.05, 0) is 12.5 Å². The third kappa shape index (κ3) is 8.04. The van der Waals surface area contributed by atoms with Crippen LogP contribution in [-0.2, 0) is 13.1 Å². The molecule has 1 aromatic heterocycles. The lowest BCUT2D eigenvalue weighted by atomic mass is 10.1. The quantitative estimate of drug-likeness (QED) is 0.610. The fraction of sp³-hybridized carbons (Fsp3) is 0.812. The maximum absolute atomic E-state index is 4.58. The zero-order chi connectivity index (χ0) is 13.9. The molecular weight excluding hydrogens is 234 g/mol. The molecule has 0 radical (unpaired) electrons. The molecule has 1 N–H and O–H groups in total. The normalized spacial score (nSPS) is 11.4. The van der Waals surface area contributed by atoms with Gasteiger partial charge in [0.05, 0.1) is 5.69 Å². The van der Waals surface area contributed by atoms with E-state index in [1.54, 1.807) is 0 Å². The van der Waals surface area contributed by atoms with Crippen molar-refractivity contribution in [2.75, 3.05) is 0 Å². The summed E-state index contributed by atoms with van der Waals surface area (Å²) in [6.45, 7) is 8.53. The third-order valence-corrected chi connectivity index (χ3v) is 3.38. The van der Waals surface area contributed by atoms with Crippen molar-refractivity contribution in [3.05, 3.63) is 18.0 Å². The Hall–Kier alpha value is -0.830. The lowest BCUT2D eigenvalue weighted by Gasteiger charge is -2.05. The summed E-state index contributed by atoms with van der Waals surface area (Å²) < 4.78 is 2.09. The largest absolute Gasteiger partial charge is 0.309 e. The van der Waals surface area contributed by atoms with Gasteiger partial charge >= 0.3 is 0 Å². The summed E-state index contributed by atoms with van der Waals surface area (Å²) in [7, 11) is 0. The molecule has 0 unspecified atom stereocenters. The van der Waals surface area contributed by atoms with Crippen molar-refractivity contribution in [1.29, 1.82) is 0 Å². The second kappa shape index (κ2) is 10.0. The fourth-order valence-corrected chi connectivity index (χ4v) is 2.16. The summed E-state index contributed by atoms with van der Waals surface area (Å²) in [6, 6.07) is 2.64. The van der Waals surface area contributed by atoms with Crippen LogP contribution in [0.4, 0.5) is 0 Å². The van der Waals surface area contributed by atoms with Crippen molar-refractivity contribution in [2.45, 2.75) is 84.8 Å². The number of nitrogens with one attached hydrogen (secondary N) is 1. The molecule has 0 aliphatic rings. The van der Waals surface area contributed by atoms with E-state index < -0.39 is 0 Å². The number of aromatic nitrogens is 2. The minimum atomic E-state index is 0.522. The molecule has 0 spiro atoms. The van der Waals surface area contributed by atoms with Crippen molar-refractivity contribution >= 4 is 0 Å². The summed E-state index contributed by atoms with van der Waals surface area (Å²) in [5.41, 5.74) is 1.15. The summed E-state index contributed by atoms with van der Waals surface area (Å²) in [5.74, 6) is 0. The van der Waals surface area contributed by atoms with Gasteiger partial charge in [-0.2, -0.15) is 5.10 Å². The van der Waals surface area contributed by atoms with Gasteiger partial charge in [0.1, 0.15) is 0 Å². The van der Waals surface area contributed by atoms with E-state index in [-0.39, 0.29) is 0 Å². The minimum absolute atomic E-state index is 0.522. The Labute approximate surface area is 118 Å². The van der Waals surface area contributed by atoms with E-state index >= 15 is 0 Å². The van der Waals surface area contributed by atoms with E-state index in [9.17, 15) is 0 Å². The molecule has 3 heteroatoms. The second-order valence-corrected chi connectivity index (χ2v) is 5.73. The Morgan fingerprint density at radius 3 is 2.47 bits per heavy atom. The molecule has 0 amide bonds. The van der Waals surface area contributed by atoms with Gasteiger partial charge in [-0.25, -0.2) is 0 Å². The van der Waals surface area contributed by atoms with Crippen LogP contribution in [0.1, 0.15) is 71.4 Å². The molecule has 0 fully saturated rings. The Bertz CT molecular complexity index is 318. The highest BCUT2D eigenvalue weighted by Gasteiger charge is 2.00. The zero-order valence-electron chi connectivity index (χ0n) is 13.0. The Morgan fingerprint density at radius 2 is 1.79 bits per heavy atom. The molecule has 1 rings (SSSR count). The fourth-order valence-electron chi connectivity index (χ4n) is 2.16. The molecule has 0 saturated carbocycles. The Kier molecular flexibility index (Phi) is 8.55. The maximum Gasteiger partial charge on any atom is 0.0762 e. The molecular formula is C16H31N3. The average molecular weight is 265 g/mol. The van der Waals surface area contributed by atoms with Crippen LogP contribution in [0, 0.1) is 0 Å². The van der Waals surface area contributed by atoms with E-state index in [0.29, 0.717) is 6.04 Å². The van der Waals surface area contributed by atoms with Crippen LogP contribution in [0.5, 0.6) is 0 Å². The predicted octanol–water partition coefficient (Wildman–Crippen LogP) is 4.13. The van der Waals surface area contributed by atoms with Crippen molar-refractivity contribution in [1.82, 2.24) is 15.1 Å².